The van der Waals surface area contributed by atoms with E-state index in [2.05, 4.69) is 4.98 Å². The lowest BCUT2D eigenvalue weighted by molar-refractivity contribution is 0.292. The van der Waals surface area contributed by atoms with Gasteiger partial charge >= 0.3 is 0 Å². The van der Waals surface area contributed by atoms with Gasteiger partial charge in [-0.05, 0) is 37.3 Å². The minimum absolute atomic E-state index is 0.337. The van der Waals surface area contributed by atoms with Crippen LogP contribution in [-0.4, -0.2) is 12.1 Å². The molecule has 0 fully saturated rings. The number of aromatic nitrogens is 1. The summed E-state index contributed by atoms with van der Waals surface area (Å²) < 4.78 is 11.1. The average molecular weight is 293 g/mol. The number of ether oxygens (including phenoxy) is 2. The minimum atomic E-state index is 0.337. The number of aryl methyl sites for hydroxylation is 1. The summed E-state index contributed by atoms with van der Waals surface area (Å²) in [7, 11) is 1.62. The van der Waals surface area contributed by atoms with Crippen molar-refractivity contribution in [1.82, 2.24) is 4.98 Å². The van der Waals surface area contributed by atoms with Gasteiger partial charge in [0.2, 0.25) is 0 Å². The second-order valence-corrected chi connectivity index (χ2v) is 4.78. The van der Waals surface area contributed by atoms with Crippen molar-refractivity contribution in [2.45, 2.75) is 20.1 Å². The molecular weight excluding hydrogens is 276 g/mol. The number of hydrogen-bond acceptors (Lipinski definition) is 4. The molecule has 1 aromatic heterocycles. The lowest BCUT2D eigenvalue weighted by atomic mass is 10.2. The van der Waals surface area contributed by atoms with Gasteiger partial charge < -0.3 is 15.2 Å². The van der Waals surface area contributed by atoms with Gasteiger partial charge in [0.25, 0.3) is 0 Å². The highest BCUT2D eigenvalue weighted by Gasteiger charge is 2.08. The number of rotatable bonds is 5. The van der Waals surface area contributed by atoms with Gasteiger partial charge in [0.1, 0.15) is 18.1 Å². The maximum Gasteiger partial charge on any atom is 0.142 e. The van der Waals surface area contributed by atoms with Crippen LogP contribution >= 0.6 is 11.6 Å². The van der Waals surface area contributed by atoms with Crippen molar-refractivity contribution in [2.24, 2.45) is 5.73 Å². The topological polar surface area (TPSA) is 57.4 Å². The first-order valence-corrected chi connectivity index (χ1v) is 6.63. The van der Waals surface area contributed by atoms with Crippen LogP contribution in [0.2, 0.25) is 5.02 Å². The largest absolute Gasteiger partial charge is 0.496 e. The van der Waals surface area contributed by atoms with Crippen LogP contribution in [0.4, 0.5) is 0 Å². The zero-order valence-corrected chi connectivity index (χ0v) is 12.3. The molecule has 2 rings (SSSR count). The predicted molar refractivity (Wildman–Crippen MR) is 79.2 cm³/mol. The summed E-state index contributed by atoms with van der Waals surface area (Å²) in [6.45, 7) is 2.61. The van der Waals surface area contributed by atoms with Crippen molar-refractivity contribution >= 4 is 11.6 Å². The summed E-state index contributed by atoms with van der Waals surface area (Å²) in [6.07, 6.45) is 0. The third-order valence-corrected chi connectivity index (χ3v) is 3.13. The van der Waals surface area contributed by atoms with Crippen LogP contribution in [0.1, 0.15) is 17.0 Å². The van der Waals surface area contributed by atoms with E-state index >= 15 is 0 Å². The molecule has 0 saturated carbocycles. The van der Waals surface area contributed by atoms with Gasteiger partial charge in [-0.2, -0.15) is 0 Å². The second kappa shape index (κ2) is 6.59. The molecule has 1 aromatic carbocycles. The van der Waals surface area contributed by atoms with Gasteiger partial charge in [0.15, 0.2) is 0 Å². The Morgan fingerprint density at radius 3 is 2.65 bits per heavy atom. The Labute approximate surface area is 123 Å². The van der Waals surface area contributed by atoms with Crippen molar-refractivity contribution in [3.63, 3.8) is 0 Å². The molecule has 1 heterocycles. The highest BCUT2D eigenvalue weighted by atomic mass is 35.5. The smallest absolute Gasteiger partial charge is 0.142 e. The zero-order chi connectivity index (χ0) is 14.5. The number of pyridine rings is 1. The monoisotopic (exact) mass is 292 g/mol. The molecule has 0 saturated heterocycles. The summed E-state index contributed by atoms with van der Waals surface area (Å²) in [5.41, 5.74) is 8.22. The number of methoxy groups -OCH3 is 1. The normalized spacial score (nSPS) is 10.4. The van der Waals surface area contributed by atoms with E-state index in [4.69, 9.17) is 26.8 Å². The molecule has 0 bridgehead atoms. The van der Waals surface area contributed by atoms with Crippen molar-refractivity contribution in [3.05, 3.63) is 52.3 Å². The Bertz CT molecular complexity index is 602. The third-order valence-electron chi connectivity index (χ3n) is 2.89. The van der Waals surface area contributed by atoms with Crippen LogP contribution in [0.5, 0.6) is 11.5 Å². The van der Waals surface area contributed by atoms with Gasteiger partial charge in [0.05, 0.1) is 12.8 Å². The van der Waals surface area contributed by atoms with E-state index in [1.807, 2.05) is 31.2 Å². The molecule has 0 radical (unpaired) electrons. The predicted octanol–water partition coefficient (Wildman–Crippen LogP) is 3.09. The van der Waals surface area contributed by atoms with E-state index in [9.17, 15) is 0 Å². The first-order valence-electron chi connectivity index (χ1n) is 6.26. The maximum absolute atomic E-state index is 5.99. The Kier molecular flexibility index (Phi) is 4.82. The lowest BCUT2D eigenvalue weighted by Gasteiger charge is -2.13. The Hall–Kier alpha value is -1.78. The molecule has 0 unspecified atom stereocenters. The molecule has 4 nitrogen and oxygen atoms in total. The fourth-order valence-corrected chi connectivity index (χ4v) is 2.09. The summed E-state index contributed by atoms with van der Waals surface area (Å²) in [4.78, 5) is 4.36. The fourth-order valence-electron chi connectivity index (χ4n) is 1.89. The second-order valence-electron chi connectivity index (χ2n) is 4.35. The van der Waals surface area contributed by atoms with Crippen LogP contribution < -0.4 is 15.2 Å². The molecule has 0 aliphatic rings. The Balaban J connectivity index is 2.18. The SMILES string of the molecule is COc1ccc(Cl)cc1COc1ccc(C)nc1CN. The average Bonchev–Trinajstić information content (AvgIpc) is 2.46. The van der Waals surface area contributed by atoms with Crippen LogP contribution in [0.3, 0.4) is 0 Å². The zero-order valence-electron chi connectivity index (χ0n) is 11.5. The summed E-state index contributed by atoms with van der Waals surface area (Å²) in [6, 6.07) is 9.19. The maximum atomic E-state index is 5.99. The molecule has 0 aliphatic carbocycles. The van der Waals surface area contributed by atoms with E-state index < -0.39 is 0 Å². The van der Waals surface area contributed by atoms with E-state index in [0.717, 1.165) is 22.7 Å². The highest BCUT2D eigenvalue weighted by Crippen LogP contribution is 2.25. The van der Waals surface area contributed by atoms with Gasteiger partial charge in [0, 0.05) is 22.8 Å². The van der Waals surface area contributed by atoms with Crippen molar-refractivity contribution < 1.29 is 9.47 Å². The van der Waals surface area contributed by atoms with Crippen LogP contribution in [0, 0.1) is 6.92 Å². The lowest BCUT2D eigenvalue weighted by Crippen LogP contribution is -2.06. The van der Waals surface area contributed by atoms with Crippen molar-refractivity contribution in [1.29, 1.82) is 0 Å². The molecule has 5 heteroatoms. The number of hydrogen-bond donors (Lipinski definition) is 1. The van der Waals surface area contributed by atoms with Gasteiger partial charge in [-0.3, -0.25) is 4.98 Å². The number of nitrogens with zero attached hydrogens (tertiary/aromatic N) is 1. The van der Waals surface area contributed by atoms with E-state index in [1.54, 1.807) is 13.2 Å². The molecule has 0 spiro atoms. The molecule has 106 valence electrons. The van der Waals surface area contributed by atoms with Gasteiger partial charge in [-0.25, -0.2) is 0 Å². The van der Waals surface area contributed by atoms with Crippen molar-refractivity contribution in [3.8, 4) is 11.5 Å². The van der Waals surface area contributed by atoms with Crippen LogP contribution in [-0.2, 0) is 13.2 Å². The fraction of sp³-hybridized carbons (Fsp3) is 0.267. The first kappa shape index (κ1) is 14.6. The van der Waals surface area contributed by atoms with Crippen LogP contribution in [0.15, 0.2) is 30.3 Å². The molecule has 2 N–H and O–H groups in total. The molecule has 0 amide bonds. The quantitative estimate of drug-likeness (QED) is 0.920. The Morgan fingerprint density at radius 1 is 1.20 bits per heavy atom. The standard InChI is InChI=1S/C15H17ClN2O2/c1-10-3-5-15(13(8-17)18-10)20-9-11-7-12(16)4-6-14(11)19-2/h3-7H,8-9,17H2,1-2H3. The van der Waals surface area contributed by atoms with Gasteiger partial charge in [-0.1, -0.05) is 11.6 Å². The molecule has 0 aliphatic heterocycles. The number of halogens is 1. The first-order chi connectivity index (χ1) is 9.63. The number of nitrogens with two attached hydrogens (primary N) is 1. The molecule has 2 aromatic rings. The van der Waals surface area contributed by atoms with Gasteiger partial charge in [-0.15, -0.1) is 0 Å². The summed E-state index contributed by atoms with van der Waals surface area (Å²) in [5, 5.41) is 0.644. The molecular formula is C15H17ClN2O2. The third kappa shape index (κ3) is 3.40. The van der Waals surface area contributed by atoms with E-state index in [0.29, 0.717) is 23.9 Å². The summed E-state index contributed by atoms with van der Waals surface area (Å²) in [5.74, 6) is 1.42. The van der Waals surface area contributed by atoms with Crippen molar-refractivity contribution in [2.75, 3.05) is 7.11 Å². The highest BCUT2D eigenvalue weighted by molar-refractivity contribution is 6.30. The van der Waals surface area contributed by atoms with E-state index in [1.165, 1.54) is 0 Å². The Morgan fingerprint density at radius 2 is 1.95 bits per heavy atom. The molecule has 20 heavy (non-hydrogen) atoms. The van der Waals surface area contributed by atoms with E-state index in [-0.39, 0.29) is 0 Å². The molecule has 0 atom stereocenters. The summed E-state index contributed by atoms with van der Waals surface area (Å²) >= 11 is 5.99. The number of benzene rings is 1. The van der Waals surface area contributed by atoms with Crippen LogP contribution in [0.25, 0.3) is 0 Å². The minimum Gasteiger partial charge on any atom is -0.496 e.